The van der Waals surface area contributed by atoms with Crippen molar-refractivity contribution in [3.63, 3.8) is 0 Å². The molecule has 0 spiro atoms. The molecular weight excluding hydrogens is 647 g/mol. The summed E-state index contributed by atoms with van der Waals surface area (Å²) in [4.78, 5) is 31.2. The number of carbonyl (C=O) groups is 1. The molecule has 0 aliphatic rings. The van der Waals surface area contributed by atoms with Crippen LogP contribution in [0.1, 0.15) is 44.1 Å². The molecule has 4 N–H and O–H groups in total. The second kappa shape index (κ2) is 15.6. The van der Waals surface area contributed by atoms with E-state index in [2.05, 4.69) is 113 Å². The molecule has 0 saturated heterocycles. The number of hydrogen-bond donors (Lipinski definition) is 4. The fourth-order valence-electron chi connectivity index (χ4n) is 6.11. The van der Waals surface area contributed by atoms with Gasteiger partial charge in [-0.2, -0.15) is 15.0 Å². The second-order valence-corrected chi connectivity index (χ2v) is 13.2. The van der Waals surface area contributed by atoms with Gasteiger partial charge in [-0.3, -0.25) is 4.79 Å². The van der Waals surface area contributed by atoms with Gasteiger partial charge in [0, 0.05) is 75.2 Å². The van der Waals surface area contributed by atoms with Crippen LogP contribution in [0.3, 0.4) is 0 Å². The monoisotopic (exact) mass is 691 g/mol. The number of benzene rings is 5. The van der Waals surface area contributed by atoms with Crippen LogP contribution in [-0.2, 0) is 0 Å². The van der Waals surface area contributed by atoms with Crippen molar-refractivity contribution in [2.45, 2.75) is 19.8 Å². The van der Waals surface area contributed by atoms with E-state index in [1.54, 1.807) is 19.2 Å². The molecule has 10 heteroatoms. The van der Waals surface area contributed by atoms with Crippen LogP contribution in [0.25, 0.3) is 0 Å². The second-order valence-electron chi connectivity index (χ2n) is 13.2. The third-order valence-electron chi connectivity index (χ3n) is 8.71. The van der Waals surface area contributed by atoms with E-state index >= 15 is 0 Å². The smallest absolute Gasteiger partial charge is 0.255 e. The van der Waals surface area contributed by atoms with Crippen LogP contribution >= 0.6 is 0 Å². The van der Waals surface area contributed by atoms with Gasteiger partial charge < -0.3 is 31.1 Å². The molecule has 0 fully saturated rings. The van der Waals surface area contributed by atoms with E-state index in [0.29, 0.717) is 34.8 Å². The van der Waals surface area contributed by atoms with E-state index in [0.717, 1.165) is 33.8 Å². The third-order valence-corrected chi connectivity index (χ3v) is 8.71. The van der Waals surface area contributed by atoms with Crippen LogP contribution in [0.4, 0.5) is 46.3 Å². The SMILES string of the molecule is CNc1nc(Nc2cc(C)cc(C)c2)nc(Nc2cccc(C(=O)Nc3ccc(C(c4ccc(N(C)C)cc4)c4ccc(N(C)C)cc4)cc3)c2)n1. The summed E-state index contributed by atoms with van der Waals surface area (Å²) in [5.41, 5.74) is 10.8. The van der Waals surface area contributed by atoms with Gasteiger partial charge >= 0.3 is 0 Å². The molecule has 0 saturated carbocycles. The highest BCUT2D eigenvalue weighted by molar-refractivity contribution is 6.04. The highest BCUT2D eigenvalue weighted by Gasteiger charge is 2.18. The largest absolute Gasteiger partial charge is 0.378 e. The van der Waals surface area contributed by atoms with Gasteiger partial charge in [0.2, 0.25) is 17.8 Å². The molecule has 1 aromatic heterocycles. The van der Waals surface area contributed by atoms with Gasteiger partial charge in [-0.25, -0.2) is 0 Å². The number of nitrogens with zero attached hydrogens (tertiary/aromatic N) is 5. The lowest BCUT2D eigenvalue weighted by Gasteiger charge is -2.22. The Kier molecular flexibility index (Phi) is 10.6. The summed E-state index contributed by atoms with van der Waals surface area (Å²) >= 11 is 0. The summed E-state index contributed by atoms with van der Waals surface area (Å²) in [7, 11) is 9.93. The summed E-state index contributed by atoms with van der Waals surface area (Å²) in [5, 5.41) is 12.6. The van der Waals surface area contributed by atoms with Crippen molar-refractivity contribution in [3.8, 4) is 0 Å². The topological polar surface area (TPSA) is 110 Å². The van der Waals surface area contributed by atoms with Crippen molar-refractivity contribution in [2.75, 3.05) is 66.3 Å². The van der Waals surface area contributed by atoms with Gasteiger partial charge in [0.05, 0.1) is 0 Å². The predicted molar refractivity (Wildman–Crippen MR) is 215 cm³/mol. The average molecular weight is 692 g/mol. The summed E-state index contributed by atoms with van der Waals surface area (Å²) in [6.07, 6.45) is 0. The van der Waals surface area contributed by atoms with Gasteiger partial charge in [0.15, 0.2) is 0 Å². The van der Waals surface area contributed by atoms with E-state index in [4.69, 9.17) is 0 Å². The fraction of sp³-hybridized carbons (Fsp3) is 0.190. The third kappa shape index (κ3) is 8.65. The van der Waals surface area contributed by atoms with Crippen LogP contribution in [0.5, 0.6) is 0 Å². The number of hydrogen-bond acceptors (Lipinski definition) is 9. The van der Waals surface area contributed by atoms with Crippen molar-refractivity contribution in [3.05, 3.63) is 149 Å². The zero-order chi connectivity index (χ0) is 36.8. The van der Waals surface area contributed by atoms with Crippen LogP contribution in [0, 0.1) is 13.8 Å². The molecule has 1 heterocycles. The number of anilines is 8. The van der Waals surface area contributed by atoms with Crippen molar-refractivity contribution in [2.24, 2.45) is 0 Å². The van der Waals surface area contributed by atoms with E-state index in [-0.39, 0.29) is 11.8 Å². The van der Waals surface area contributed by atoms with Gasteiger partial charge in [-0.1, -0.05) is 48.5 Å². The zero-order valence-electron chi connectivity index (χ0n) is 30.7. The van der Waals surface area contributed by atoms with E-state index in [1.807, 2.05) is 78.4 Å². The Morgan fingerprint density at radius 3 is 1.54 bits per heavy atom. The number of aryl methyl sites for hydroxylation is 2. The van der Waals surface area contributed by atoms with E-state index < -0.39 is 0 Å². The first-order chi connectivity index (χ1) is 25.0. The number of rotatable bonds is 12. The maximum absolute atomic E-state index is 13.5. The minimum Gasteiger partial charge on any atom is -0.378 e. The van der Waals surface area contributed by atoms with Crippen LogP contribution in [-0.4, -0.2) is 56.1 Å². The molecule has 264 valence electrons. The number of carbonyl (C=O) groups excluding carboxylic acids is 1. The molecule has 0 aliphatic carbocycles. The predicted octanol–water partition coefficient (Wildman–Crippen LogP) is 8.58. The van der Waals surface area contributed by atoms with E-state index in [9.17, 15) is 4.79 Å². The first-order valence-electron chi connectivity index (χ1n) is 17.2. The quantitative estimate of drug-likeness (QED) is 0.0939. The molecule has 6 rings (SSSR count). The molecule has 52 heavy (non-hydrogen) atoms. The molecule has 6 aromatic rings. The van der Waals surface area contributed by atoms with Crippen LogP contribution in [0.15, 0.2) is 115 Å². The maximum Gasteiger partial charge on any atom is 0.255 e. The summed E-state index contributed by atoms with van der Waals surface area (Å²) < 4.78 is 0. The Morgan fingerprint density at radius 1 is 0.558 bits per heavy atom. The summed E-state index contributed by atoms with van der Waals surface area (Å²) in [6, 6.07) is 38.9. The molecule has 0 atom stereocenters. The van der Waals surface area contributed by atoms with Crippen molar-refractivity contribution in [1.29, 1.82) is 0 Å². The van der Waals surface area contributed by atoms with Crippen molar-refractivity contribution >= 4 is 52.2 Å². The Labute approximate surface area is 306 Å². The lowest BCUT2D eigenvalue weighted by atomic mass is 9.85. The first-order valence-corrected chi connectivity index (χ1v) is 17.2. The van der Waals surface area contributed by atoms with Crippen molar-refractivity contribution in [1.82, 2.24) is 15.0 Å². The van der Waals surface area contributed by atoms with Gasteiger partial charge in [0.25, 0.3) is 5.91 Å². The average Bonchev–Trinajstić information content (AvgIpc) is 3.12. The Bertz CT molecular complexity index is 2070. The molecule has 5 aromatic carbocycles. The molecule has 10 nitrogen and oxygen atoms in total. The number of aromatic nitrogens is 3. The fourth-order valence-corrected chi connectivity index (χ4v) is 6.11. The minimum absolute atomic E-state index is 0.0235. The molecular formula is C42H45N9O. The van der Waals surface area contributed by atoms with Crippen LogP contribution < -0.4 is 31.1 Å². The normalized spacial score (nSPS) is 10.8. The Hall–Kier alpha value is -6.42. The highest BCUT2D eigenvalue weighted by Crippen LogP contribution is 2.34. The zero-order valence-corrected chi connectivity index (χ0v) is 30.7. The lowest BCUT2D eigenvalue weighted by molar-refractivity contribution is 0.102. The minimum atomic E-state index is -0.227. The lowest BCUT2D eigenvalue weighted by Crippen LogP contribution is -2.13. The molecule has 0 unspecified atom stereocenters. The molecule has 0 aliphatic heterocycles. The standard InChI is InChI=1S/C42H45N9O/c1-27-23-28(2)25-35(24-27)46-42-48-40(43-3)47-41(49-42)45-34-10-8-9-32(26-34)39(52)44-33-17-11-29(12-18-33)38(30-13-19-36(20-14-30)50(4)5)31-15-21-37(22-16-31)51(6)7/h8-26,38H,1-7H3,(H,44,52)(H3,43,45,46,47,48,49). The Morgan fingerprint density at radius 2 is 1.04 bits per heavy atom. The molecule has 1 amide bonds. The maximum atomic E-state index is 13.5. The molecule has 0 radical (unpaired) electrons. The number of nitrogens with one attached hydrogen (secondary N) is 4. The van der Waals surface area contributed by atoms with Gasteiger partial charge in [0.1, 0.15) is 0 Å². The van der Waals surface area contributed by atoms with Crippen LogP contribution in [0.2, 0.25) is 0 Å². The summed E-state index contributed by atoms with van der Waals surface area (Å²) in [5.74, 6) is 0.926. The van der Waals surface area contributed by atoms with E-state index in [1.165, 1.54) is 11.1 Å². The van der Waals surface area contributed by atoms with Gasteiger partial charge in [-0.05, 0) is 108 Å². The molecule has 0 bridgehead atoms. The number of amides is 1. The first kappa shape index (κ1) is 35.4. The van der Waals surface area contributed by atoms with Crippen molar-refractivity contribution < 1.29 is 4.79 Å². The van der Waals surface area contributed by atoms with Gasteiger partial charge in [-0.15, -0.1) is 0 Å². The highest BCUT2D eigenvalue weighted by atomic mass is 16.1. The summed E-state index contributed by atoms with van der Waals surface area (Å²) in [6.45, 7) is 4.09. The Balaban J connectivity index is 1.19.